The van der Waals surface area contributed by atoms with Crippen molar-refractivity contribution in [1.29, 1.82) is 0 Å². The van der Waals surface area contributed by atoms with Crippen molar-refractivity contribution in [1.82, 2.24) is 0 Å². The summed E-state index contributed by atoms with van der Waals surface area (Å²) in [6.45, 7) is 0. The molecule has 0 N–H and O–H groups in total. The zero-order chi connectivity index (χ0) is 13.0. The molecule has 0 saturated carbocycles. The van der Waals surface area contributed by atoms with Gasteiger partial charge in [0.2, 0.25) is 0 Å². The Balaban J connectivity index is 1.86. The molecular weight excluding hydrogens is 231 g/mol. The molecule has 1 aliphatic carbocycles. The molecule has 0 aromatic heterocycles. The van der Waals surface area contributed by atoms with Gasteiger partial charge in [-0.3, -0.25) is 4.79 Å². The van der Waals surface area contributed by atoms with Gasteiger partial charge in [0.05, 0.1) is 7.11 Å². The van der Waals surface area contributed by atoms with Crippen LogP contribution in [-0.2, 0) is 22.4 Å². The fourth-order valence-electron chi connectivity index (χ4n) is 2.72. The monoisotopic (exact) mass is 250 g/mol. The Bertz CT molecular complexity index is 429. The summed E-state index contributed by atoms with van der Waals surface area (Å²) in [5.41, 5.74) is 2.03. The molecule has 1 aromatic rings. The van der Waals surface area contributed by atoms with Crippen LogP contribution in [0.2, 0.25) is 0 Å². The molecule has 2 nitrogen and oxygen atoms in total. The number of halogens is 1. The van der Waals surface area contributed by atoms with Gasteiger partial charge in [0.25, 0.3) is 0 Å². The van der Waals surface area contributed by atoms with Gasteiger partial charge in [-0.25, -0.2) is 4.39 Å². The molecule has 0 saturated heterocycles. The van der Waals surface area contributed by atoms with Crippen molar-refractivity contribution in [3.05, 3.63) is 35.1 Å². The molecule has 3 heteroatoms. The minimum absolute atomic E-state index is 0.0690. The first-order chi connectivity index (χ1) is 8.70. The smallest absolute Gasteiger partial charge is 0.305 e. The molecule has 0 radical (unpaired) electrons. The highest BCUT2D eigenvalue weighted by Crippen LogP contribution is 2.30. The summed E-state index contributed by atoms with van der Waals surface area (Å²) >= 11 is 0. The van der Waals surface area contributed by atoms with E-state index in [2.05, 4.69) is 4.74 Å². The lowest BCUT2D eigenvalue weighted by Gasteiger charge is -2.24. The van der Waals surface area contributed by atoms with Crippen molar-refractivity contribution in [3.63, 3.8) is 0 Å². The Labute approximate surface area is 107 Å². The average Bonchev–Trinajstić information content (AvgIpc) is 2.38. The van der Waals surface area contributed by atoms with Gasteiger partial charge in [0.1, 0.15) is 5.82 Å². The molecule has 0 fully saturated rings. The van der Waals surface area contributed by atoms with Gasteiger partial charge in [0.15, 0.2) is 0 Å². The van der Waals surface area contributed by atoms with Gasteiger partial charge < -0.3 is 4.74 Å². The van der Waals surface area contributed by atoms with E-state index < -0.39 is 0 Å². The van der Waals surface area contributed by atoms with E-state index in [1.807, 2.05) is 6.07 Å². The summed E-state index contributed by atoms with van der Waals surface area (Å²) in [4.78, 5) is 11.0. The van der Waals surface area contributed by atoms with Crippen LogP contribution < -0.4 is 0 Å². The predicted octanol–water partition coefficient (Wildman–Crippen LogP) is 3.27. The Morgan fingerprint density at radius 2 is 2.33 bits per heavy atom. The van der Waals surface area contributed by atoms with Crippen LogP contribution in [-0.4, -0.2) is 13.1 Å². The molecule has 0 bridgehead atoms. The fraction of sp³-hybridized carbons (Fsp3) is 0.533. The van der Waals surface area contributed by atoms with Gasteiger partial charge in [-0.15, -0.1) is 0 Å². The van der Waals surface area contributed by atoms with E-state index in [1.165, 1.54) is 13.2 Å². The molecule has 0 spiro atoms. The summed E-state index contributed by atoms with van der Waals surface area (Å²) in [5, 5.41) is 0. The Morgan fingerprint density at radius 1 is 1.50 bits per heavy atom. The number of ether oxygens (including phenoxy) is 1. The quantitative estimate of drug-likeness (QED) is 0.767. The van der Waals surface area contributed by atoms with Crippen LogP contribution in [0.4, 0.5) is 4.39 Å². The van der Waals surface area contributed by atoms with Gasteiger partial charge in [-0.05, 0) is 55.2 Å². The molecule has 0 heterocycles. The molecular formula is C15H19FO2. The van der Waals surface area contributed by atoms with Gasteiger partial charge >= 0.3 is 5.97 Å². The summed E-state index contributed by atoms with van der Waals surface area (Å²) in [5.74, 6) is 0.363. The van der Waals surface area contributed by atoms with E-state index in [1.54, 1.807) is 6.07 Å². The lowest BCUT2D eigenvalue weighted by Crippen LogP contribution is -2.16. The summed E-state index contributed by atoms with van der Waals surface area (Å²) in [6.07, 6.45) is 5.16. The summed E-state index contributed by atoms with van der Waals surface area (Å²) in [6, 6.07) is 5.34. The van der Waals surface area contributed by atoms with Gasteiger partial charge in [-0.2, -0.15) is 0 Å². The van der Waals surface area contributed by atoms with Crippen molar-refractivity contribution in [2.24, 2.45) is 5.92 Å². The largest absolute Gasteiger partial charge is 0.469 e. The minimum atomic E-state index is -0.141. The van der Waals surface area contributed by atoms with E-state index in [4.69, 9.17) is 0 Å². The van der Waals surface area contributed by atoms with E-state index in [0.29, 0.717) is 12.3 Å². The normalized spacial score (nSPS) is 18.2. The highest BCUT2D eigenvalue weighted by molar-refractivity contribution is 5.68. The second kappa shape index (κ2) is 5.98. The molecule has 98 valence electrons. The van der Waals surface area contributed by atoms with Crippen LogP contribution in [0.25, 0.3) is 0 Å². The van der Waals surface area contributed by atoms with Crippen LogP contribution in [0.5, 0.6) is 0 Å². The predicted molar refractivity (Wildman–Crippen MR) is 67.8 cm³/mol. The number of hydrogen-bond donors (Lipinski definition) is 0. The summed E-state index contributed by atoms with van der Waals surface area (Å²) in [7, 11) is 1.42. The molecule has 1 aromatic carbocycles. The van der Waals surface area contributed by atoms with Gasteiger partial charge in [-0.1, -0.05) is 12.1 Å². The summed E-state index contributed by atoms with van der Waals surface area (Å²) < 4.78 is 18.2. The van der Waals surface area contributed by atoms with E-state index in [9.17, 15) is 9.18 Å². The maximum atomic E-state index is 13.5. The molecule has 0 amide bonds. The van der Waals surface area contributed by atoms with Crippen LogP contribution in [0.15, 0.2) is 18.2 Å². The highest BCUT2D eigenvalue weighted by atomic mass is 19.1. The van der Waals surface area contributed by atoms with Crippen LogP contribution in [0.1, 0.15) is 36.8 Å². The van der Waals surface area contributed by atoms with Crippen molar-refractivity contribution in [2.45, 2.75) is 38.5 Å². The number of benzene rings is 1. The first-order valence-corrected chi connectivity index (χ1v) is 6.53. The van der Waals surface area contributed by atoms with Crippen molar-refractivity contribution < 1.29 is 13.9 Å². The van der Waals surface area contributed by atoms with E-state index in [0.717, 1.165) is 43.2 Å². The zero-order valence-electron chi connectivity index (χ0n) is 10.7. The SMILES string of the molecule is COC(=O)CCCC1CCc2c(F)cccc2C1. The maximum Gasteiger partial charge on any atom is 0.305 e. The first kappa shape index (κ1) is 13.1. The Kier molecular flexibility index (Phi) is 4.34. The third-order valence-corrected chi connectivity index (χ3v) is 3.75. The molecule has 1 atom stereocenters. The second-order valence-corrected chi connectivity index (χ2v) is 4.95. The van der Waals surface area contributed by atoms with E-state index >= 15 is 0 Å². The lowest BCUT2D eigenvalue weighted by molar-refractivity contribution is -0.140. The van der Waals surface area contributed by atoms with Crippen molar-refractivity contribution >= 4 is 5.97 Å². The maximum absolute atomic E-state index is 13.5. The molecule has 2 rings (SSSR count). The molecule has 0 aliphatic heterocycles. The lowest BCUT2D eigenvalue weighted by atomic mass is 9.81. The second-order valence-electron chi connectivity index (χ2n) is 4.95. The third-order valence-electron chi connectivity index (χ3n) is 3.75. The Hall–Kier alpha value is -1.38. The number of fused-ring (bicyclic) bond motifs is 1. The number of esters is 1. The van der Waals surface area contributed by atoms with Crippen LogP contribution in [0.3, 0.4) is 0 Å². The number of rotatable bonds is 4. The number of carbonyl (C=O) groups excluding carboxylic acids is 1. The first-order valence-electron chi connectivity index (χ1n) is 6.53. The van der Waals surface area contributed by atoms with Gasteiger partial charge in [0, 0.05) is 6.42 Å². The van der Waals surface area contributed by atoms with Crippen LogP contribution in [0, 0.1) is 11.7 Å². The number of carbonyl (C=O) groups is 1. The Morgan fingerprint density at radius 3 is 3.11 bits per heavy atom. The standard InChI is InChI=1S/C15H19FO2/c1-18-15(17)7-2-4-11-8-9-13-12(10-11)5-3-6-14(13)16/h3,5-6,11H,2,4,7-10H2,1H3. The molecule has 1 unspecified atom stereocenters. The molecule has 1 aliphatic rings. The van der Waals surface area contributed by atoms with E-state index in [-0.39, 0.29) is 11.8 Å². The molecule has 18 heavy (non-hydrogen) atoms. The fourth-order valence-corrected chi connectivity index (χ4v) is 2.72. The minimum Gasteiger partial charge on any atom is -0.469 e. The highest BCUT2D eigenvalue weighted by Gasteiger charge is 2.20. The van der Waals surface area contributed by atoms with Crippen molar-refractivity contribution in [2.75, 3.05) is 7.11 Å². The van der Waals surface area contributed by atoms with Crippen molar-refractivity contribution in [3.8, 4) is 0 Å². The number of methoxy groups -OCH3 is 1. The topological polar surface area (TPSA) is 26.3 Å². The zero-order valence-corrected chi connectivity index (χ0v) is 10.7. The average molecular weight is 250 g/mol. The third kappa shape index (κ3) is 3.09. The number of hydrogen-bond acceptors (Lipinski definition) is 2. The van der Waals surface area contributed by atoms with Crippen LogP contribution >= 0.6 is 0 Å².